The first-order valence-corrected chi connectivity index (χ1v) is 9.79. The summed E-state index contributed by atoms with van der Waals surface area (Å²) in [5.41, 5.74) is 3.83. The van der Waals surface area contributed by atoms with E-state index in [2.05, 4.69) is 33.1 Å². The first-order chi connectivity index (χ1) is 13.0. The van der Waals surface area contributed by atoms with E-state index in [0.717, 1.165) is 67.0 Å². The SMILES string of the molecule is CNC(=S)N(CCN1CCOCC1)Cc1cc2c(C)ccc(C)c2[nH]c1=O. The monoisotopic (exact) mass is 388 g/mol. The Balaban J connectivity index is 1.82. The molecular weight excluding hydrogens is 360 g/mol. The van der Waals surface area contributed by atoms with Gasteiger partial charge < -0.3 is 19.9 Å². The second kappa shape index (κ2) is 8.82. The molecule has 0 saturated carbocycles. The quantitative estimate of drug-likeness (QED) is 0.762. The topological polar surface area (TPSA) is 60.6 Å². The molecule has 0 bridgehead atoms. The van der Waals surface area contributed by atoms with Crippen LogP contribution in [0.2, 0.25) is 0 Å². The van der Waals surface area contributed by atoms with Crippen LogP contribution in [0.3, 0.4) is 0 Å². The second-order valence-corrected chi connectivity index (χ2v) is 7.43. The number of H-pyrrole nitrogens is 1. The van der Waals surface area contributed by atoms with Crippen molar-refractivity contribution in [1.82, 2.24) is 20.1 Å². The Kier molecular flexibility index (Phi) is 6.46. The van der Waals surface area contributed by atoms with Crippen LogP contribution >= 0.6 is 12.2 Å². The molecule has 0 amide bonds. The van der Waals surface area contributed by atoms with E-state index in [-0.39, 0.29) is 5.56 Å². The van der Waals surface area contributed by atoms with Crippen molar-refractivity contribution < 1.29 is 4.74 Å². The molecule has 3 rings (SSSR count). The molecule has 0 atom stereocenters. The molecule has 146 valence electrons. The molecule has 6 nitrogen and oxygen atoms in total. The van der Waals surface area contributed by atoms with Gasteiger partial charge in [-0.15, -0.1) is 0 Å². The lowest BCUT2D eigenvalue weighted by molar-refractivity contribution is 0.0357. The lowest BCUT2D eigenvalue weighted by atomic mass is 10.0. The third-order valence-electron chi connectivity index (χ3n) is 5.17. The number of aromatic amines is 1. The van der Waals surface area contributed by atoms with Crippen LogP contribution in [0.15, 0.2) is 23.0 Å². The average Bonchev–Trinajstić information content (AvgIpc) is 2.69. The van der Waals surface area contributed by atoms with Gasteiger partial charge in [0, 0.05) is 44.2 Å². The van der Waals surface area contributed by atoms with Crippen molar-refractivity contribution in [3.8, 4) is 0 Å². The normalized spacial score (nSPS) is 15.1. The van der Waals surface area contributed by atoms with Gasteiger partial charge in [0.15, 0.2) is 5.11 Å². The van der Waals surface area contributed by atoms with Crippen LogP contribution < -0.4 is 10.9 Å². The van der Waals surface area contributed by atoms with Crippen molar-refractivity contribution >= 4 is 28.2 Å². The van der Waals surface area contributed by atoms with Gasteiger partial charge in [-0.25, -0.2) is 0 Å². The molecule has 1 aliphatic rings. The van der Waals surface area contributed by atoms with Crippen LogP contribution in [0.5, 0.6) is 0 Å². The molecule has 1 fully saturated rings. The predicted octanol–water partition coefficient (Wildman–Crippen LogP) is 1.78. The minimum atomic E-state index is -0.0496. The van der Waals surface area contributed by atoms with Gasteiger partial charge in [-0.3, -0.25) is 9.69 Å². The van der Waals surface area contributed by atoms with Gasteiger partial charge in [0.2, 0.25) is 0 Å². The molecular formula is C20H28N4O2S. The van der Waals surface area contributed by atoms with Crippen LogP contribution in [-0.4, -0.2) is 66.3 Å². The third-order valence-corrected chi connectivity index (χ3v) is 5.64. The largest absolute Gasteiger partial charge is 0.379 e. The summed E-state index contributed by atoms with van der Waals surface area (Å²) < 4.78 is 5.41. The van der Waals surface area contributed by atoms with Crippen LogP contribution in [0.25, 0.3) is 10.9 Å². The molecule has 1 saturated heterocycles. The van der Waals surface area contributed by atoms with Gasteiger partial charge in [-0.05, 0) is 43.3 Å². The van der Waals surface area contributed by atoms with Crippen molar-refractivity contribution in [1.29, 1.82) is 0 Å². The standard InChI is InChI=1S/C20H28N4O2S/c1-14-4-5-15(2)18-17(14)12-16(19(25)22-18)13-24(20(27)21-3)7-6-23-8-10-26-11-9-23/h4-5,12H,6-11,13H2,1-3H3,(H,21,27)(H,22,25). The molecule has 27 heavy (non-hydrogen) atoms. The van der Waals surface area contributed by atoms with Gasteiger partial charge in [-0.2, -0.15) is 0 Å². The molecule has 2 heterocycles. The maximum atomic E-state index is 12.7. The summed E-state index contributed by atoms with van der Waals surface area (Å²) in [4.78, 5) is 20.2. The zero-order valence-electron chi connectivity index (χ0n) is 16.3. The summed E-state index contributed by atoms with van der Waals surface area (Å²) in [6.45, 7) is 9.67. The Morgan fingerprint density at radius 3 is 2.70 bits per heavy atom. The summed E-state index contributed by atoms with van der Waals surface area (Å²) in [6, 6.07) is 6.14. The molecule has 0 radical (unpaired) electrons. The number of thiocarbonyl (C=S) groups is 1. The maximum Gasteiger partial charge on any atom is 0.253 e. The number of benzene rings is 1. The van der Waals surface area contributed by atoms with Crippen molar-refractivity contribution in [2.45, 2.75) is 20.4 Å². The van der Waals surface area contributed by atoms with Crippen molar-refractivity contribution in [2.75, 3.05) is 46.4 Å². The van der Waals surface area contributed by atoms with E-state index < -0.39 is 0 Å². The number of nitrogens with one attached hydrogen (secondary N) is 2. The van der Waals surface area contributed by atoms with Gasteiger partial charge in [0.05, 0.1) is 25.3 Å². The van der Waals surface area contributed by atoms with Crippen molar-refractivity contribution in [3.63, 3.8) is 0 Å². The second-order valence-electron chi connectivity index (χ2n) is 7.04. The third kappa shape index (κ3) is 4.66. The number of fused-ring (bicyclic) bond motifs is 1. The number of aromatic nitrogens is 1. The number of morpholine rings is 1. The zero-order valence-corrected chi connectivity index (χ0v) is 17.1. The molecule has 0 aliphatic carbocycles. The average molecular weight is 389 g/mol. The molecule has 1 aromatic carbocycles. The summed E-state index contributed by atoms with van der Waals surface area (Å²) in [5, 5.41) is 4.80. The Bertz CT molecular complexity index is 874. The number of hydrogen-bond donors (Lipinski definition) is 2. The van der Waals surface area contributed by atoms with Crippen LogP contribution in [0, 0.1) is 13.8 Å². The predicted molar refractivity (Wildman–Crippen MR) is 113 cm³/mol. The highest BCUT2D eigenvalue weighted by molar-refractivity contribution is 7.80. The summed E-state index contributed by atoms with van der Waals surface area (Å²) in [6.07, 6.45) is 0. The Hall–Kier alpha value is -1.96. The maximum absolute atomic E-state index is 12.7. The molecule has 2 N–H and O–H groups in total. The number of rotatable bonds is 5. The summed E-state index contributed by atoms with van der Waals surface area (Å²) in [5.74, 6) is 0. The van der Waals surface area contributed by atoms with Gasteiger partial charge in [0.1, 0.15) is 0 Å². The highest BCUT2D eigenvalue weighted by Crippen LogP contribution is 2.20. The molecule has 1 aromatic heterocycles. The summed E-state index contributed by atoms with van der Waals surface area (Å²) in [7, 11) is 1.82. The van der Waals surface area contributed by atoms with Crippen molar-refractivity contribution in [2.24, 2.45) is 0 Å². The van der Waals surface area contributed by atoms with Gasteiger partial charge in [0.25, 0.3) is 5.56 Å². The first-order valence-electron chi connectivity index (χ1n) is 9.38. The van der Waals surface area contributed by atoms with Crippen molar-refractivity contribution in [3.05, 3.63) is 45.2 Å². The van der Waals surface area contributed by atoms with Crippen LogP contribution in [0.1, 0.15) is 16.7 Å². The highest BCUT2D eigenvalue weighted by Gasteiger charge is 2.16. The fourth-order valence-corrected chi connectivity index (χ4v) is 3.59. The first kappa shape index (κ1) is 19.8. The van der Waals surface area contributed by atoms with Gasteiger partial charge in [-0.1, -0.05) is 12.1 Å². The lowest BCUT2D eigenvalue weighted by Crippen LogP contribution is -2.45. The minimum absolute atomic E-state index is 0.0496. The smallest absolute Gasteiger partial charge is 0.253 e. The van der Waals surface area contributed by atoms with E-state index in [1.54, 1.807) is 0 Å². The Morgan fingerprint density at radius 1 is 1.30 bits per heavy atom. The molecule has 1 aliphatic heterocycles. The Labute approximate surface area is 165 Å². The number of nitrogens with zero attached hydrogens (tertiary/aromatic N) is 2. The van der Waals surface area contributed by atoms with Crippen LogP contribution in [-0.2, 0) is 11.3 Å². The number of pyridine rings is 1. The molecule has 7 heteroatoms. The Morgan fingerprint density at radius 2 is 2.00 bits per heavy atom. The number of ether oxygens (including phenoxy) is 1. The highest BCUT2D eigenvalue weighted by atomic mass is 32.1. The van der Waals surface area contributed by atoms with Gasteiger partial charge >= 0.3 is 0 Å². The van der Waals surface area contributed by atoms with E-state index in [4.69, 9.17) is 17.0 Å². The van der Waals surface area contributed by atoms with Crippen LogP contribution in [0.4, 0.5) is 0 Å². The minimum Gasteiger partial charge on any atom is -0.379 e. The fraction of sp³-hybridized carbons (Fsp3) is 0.500. The van der Waals surface area contributed by atoms with E-state index >= 15 is 0 Å². The zero-order chi connectivity index (χ0) is 19.4. The lowest BCUT2D eigenvalue weighted by Gasteiger charge is -2.31. The van der Waals surface area contributed by atoms with E-state index in [9.17, 15) is 4.79 Å². The molecule has 0 unspecified atom stereocenters. The molecule has 0 spiro atoms. The van der Waals surface area contributed by atoms with E-state index in [1.165, 1.54) is 0 Å². The number of hydrogen-bond acceptors (Lipinski definition) is 4. The molecule has 2 aromatic rings. The summed E-state index contributed by atoms with van der Waals surface area (Å²) >= 11 is 5.49. The van der Waals surface area contributed by atoms with E-state index in [1.807, 2.05) is 26.1 Å². The van der Waals surface area contributed by atoms with E-state index in [0.29, 0.717) is 11.7 Å². The fourth-order valence-electron chi connectivity index (χ4n) is 3.44. The number of aryl methyl sites for hydroxylation is 2.